The van der Waals surface area contributed by atoms with Crippen molar-refractivity contribution < 1.29 is 9.15 Å². The van der Waals surface area contributed by atoms with Crippen molar-refractivity contribution in [1.29, 1.82) is 0 Å². The van der Waals surface area contributed by atoms with Crippen LogP contribution < -0.4 is 26.1 Å². The lowest BCUT2D eigenvalue weighted by molar-refractivity contribution is 0.414. The third-order valence-electron chi connectivity index (χ3n) is 4.98. The van der Waals surface area contributed by atoms with Crippen LogP contribution in [0.5, 0.6) is 5.75 Å². The molecule has 3 rings (SSSR count). The molecule has 0 saturated heterocycles. The number of oxazole rings is 1. The van der Waals surface area contributed by atoms with Gasteiger partial charge in [0.05, 0.1) is 18.1 Å². The van der Waals surface area contributed by atoms with Gasteiger partial charge in [-0.2, -0.15) is 4.99 Å². The third-order valence-corrected chi connectivity index (χ3v) is 4.98. The predicted molar refractivity (Wildman–Crippen MR) is 119 cm³/mol. The Kier molecular flexibility index (Phi) is 6.60. The zero-order valence-corrected chi connectivity index (χ0v) is 17.7. The van der Waals surface area contributed by atoms with Gasteiger partial charge >= 0.3 is 5.68 Å². The molecule has 0 N–H and O–H groups in total. The lowest BCUT2D eigenvalue weighted by atomic mass is 10.2. The van der Waals surface area contributed by atoms with E-state index in [9.17, 15) is 0 Å². The first-order valence-corrected chi connectivity index (χ1v) is 10.0. The first kappa shape index (κ1) is 20.5. The molecule has 0 spiro atoms. The molecule has 0 atom stereocenters. The summed E-state index contributed by atoms with van der Waals surface area (Å²) in [5.41, 5.74) is 4.35. The molecule has 29 heavy (non-hydrogen) atoms. The fourth-order valence-corrected chi connectivity index (χ4v) is 3.27. The third kappa shape index (κ3) is 4.62. The fourth-order valence-electron chi connectivity index (χ4n) is 3.27. The molecule has 0 fully saturated rings. The van der Waals surface area contributed by atoms with Gasteiger partial charge in [0, 0.05) is 25.3 Å². The van der Waals surface area contributed by atoms with Crippen LogP contribution in [-0.2, 0) is 6.54 Å². The Labute approximate surface area is 171 Å². The minimum absolute atomic E-state index is 0.536. The quantitative estimate of drug-likeness (QED) is 0.620. The number of aromatic nitrogens is 1. The maximum Gasteiger partial charge on any atom is 0.302 e. The Hall–Kier alpha value is -3.21. The molecule has 5 heteroatoms. The first-order valence-electron chi connectivity index (χ1n) is 10.0. The molecule has 0 amide bonds. The number of hydrogen-bond donors (Lipinski definition) is 0. The summed E-state index contributed by atoms with van der Waals surface area (Å²) in [4.78, 5) is 6.96. The summed E-state index contributed by atoms with van der Waals surface area (Å²) in [5.74, 6) is 0.798. The molecule has 3 aromatic rings. The van der Waals surface area contributed by atoms with Crippen LogP contribution in [0.2, 0.25) is 0 Å². The van der Waals surface area contributed by atoms with E-state index in [0.29, 0.717) is 5.68 Å². The van der Waals surface area contributed by atoms with Crippen LogP contribution >= 0.6 is 0 Å². The van der Waals surface area contributed by atoms with Crippen molar-refractivity contribution in [2.45, 2.75) is 27.3 Å². The summed E-state index contributed by atoms with van der Waals surface area (Å²) in [6.07, 6.45) is 2.01. The van der Waals surface area contributed by atoms with Crippen LogP contribution in [0.25, 0.3) is 12.7 Å². The average Bonchev–Trinajstić information content (AvgIpc) is 3.04. The molecule has 5 nitrogen and oxygen atoms in total. The SMILES string of the molecule is C=c1/c(=C\c2ccc(N(CC)CC)cc2)oc(=Nc2ccc(OC)cc2)n1CC. The molecule has 152 valence electrons. The van der Waals surface area contributed by atoms with E-state index in [0.717, 1.165) is 47.4 Å². The molecule has 0 saturated carbocycles. The summed E-state index contributed by atoms with van der Waals surface area (Å²) < 4.78 is 13.2. The van der Waals surface area contributed by atoms with E-state index in [1.165, 1.54) is 5.69 Å². The first-order chi connectivity index (χ1) is 14.1. The van der Waals surface area contributed by atoms with Crippen molar-refractivity contribution in [2.75, 3.05) is 25.1 Å². The van der Waals surface area contributed by atoms with Crippen molar-refractivity contribution >= 4 is 24.0 Å². The maximum atomic E-state index is 6.06. The smallest absolute Gasteiger partial charge is 0.302 e. The lowest BCUT2D eigenvalue weighted by Crippen LogP contribution is -2.30. The summed E-state index contributed by atoms with van der Waals surface area (Å²) in [6.45, 7) is 13.3. The molecule has 0 aliphatic carbocycles. The van der Waals surface area contributed by atoms with E-state index in [1.807, 2.05) is 34.9 Å². The van der Waals surface area contributed by atoms with Gasteiger partial charge in [0.25, 0.3) is 0 Å². The topological polar surface area (TPSA) is 42.9 Å². The Morgan fingerprint density at radius 3 is 2.24 bits per heavy atom. The van der Waals surface area contributed by atoms with Crippen LogP contribution in [0.1, 0.15) is 26.3 Å². The highest BCUT2D eigenvalue weighted by Crippen LogP contribution is 2.17. The van der Waals surface area contributed by atoms with Gasteiger partial charge in [0.15, 0.2) is 5.42 Å². The minimum atomic E-state index is 0.536. The Bertz CT molecular complexity index is 1100. The van der Waals surface area contributed by atoms with Gasteiger partial charge in [-0.05, 0) is 68.8 Å². The van der Waals surface area contributed by atoms with E-state index in [2.05, 4.69) is 61.5 Å². The standard InChI is InChI=1S/C24H29N3O2/c1-6-26(7-2)21-13-9-19(10-14-21)17-23-18(4)27(8-3)24(29-23)25-20-11-15-22(28-5)16-12-20/h9-17H,4,6-8H2,1-3,5H3/b23-17+,25-24?. The molecule has 0 unspecified atom stereocenters. The van der Waals surface area contributed by atoms with Gasteiger partial charge in [0.1, 0.15) is 5.75 Å². The molecule has 1 heterocycles. The second-order valence-corrected chi connectivity index (χ2v) is 6.66. The van der Waals surface area contributed by atoms with Gasteiger partial charge in [-0.15, -0.1) is 0 Å². The highest BCUT2D eigenvalue weighted by atomic mass is 16.5. The molecule has 0 bridgehead atoms. The van der Waals surface area contributed by atoms with Gasteiger partial charge in [-0.1, -0.05) is 18.7 Å². The number of methoxy groups -OCH3 is 1. The van der Waals surface area contributed by atoms with E-state index in [1.54, 1.807) is 7.11 Å². The number of benzene rings is 2. The van der Waals surface area contributed by atoms with Crippen molar-refractivity contribution in [3.63, 3.8) is 0 Å². The van der Waals surface area contributed by atoms with Crippen molar-refractivity contribution in [3.05, 3.63) is 70.5 Å². The molecule has 2 aromatic carbocycles. The highest BCUT2D eigenvalue weighted by Gasteiger charge is 2.04. The number of ether oxygens (including phenoxy) is 1. The summed E-state index contributed by atoms with van der Waals surface area (Å²) >= 11 is 0. The van der Waals surface area contributed by atoms with Crippen molar-refractivity contribution in [3.8, 4) is 5.75 Å². The normalized spacial score (nSPS) is 12.4. The minimum Gasteiger partial charge on any atom is -0.497 e. The summed E-state index contributed by atoms with van der Waals surface area (Å²) in [6, 6.07) is 16.1. The van der Waals surface area contributed by atoms with E-state index in [-0.39, 0.29) is 0 Å². The van der Waals surface area contributed by atoms with Gasteiger partial charge < -0.3 is 14.1 Å². The largest absolute Gasteiger partial charge is 0.497 e. The maximum absolute atomic E-state index is 6.06. The second kappa shape index (κ2) is 9.32. The molecular formula is C24H29N3O2. The average molecular weight is 392 g/mol. The second-order valence-electron chi connectivity index (χ2n) is 6.66. The van der Waals surface area contributed by atoms with Crippen molar-refractivity contribution in [2.24, 2.45) is 4.99 Å². The molecule has 0 radical (unpaired) electrons. The Morgan fingerprint density at radius 1 is 1.03 bits per heavy atom. The van der Waals surface area contributed by atoms with E-state index >= 15 is 0 Å². The highest BCUT2D eigenvalue weighted by molar-refractivity contribution is 5.55. The molecule has 1 aromatic heterocycles. The zero-order chi connectivity index (χ0) is 20.8. The number of anilines is 1. The monoisotopic (exact) mass is 391 g/mol. The fraction of sp³-hybridized carbons (Fsp3) is 0.292. The molecule has 0 aliphatic heterocycles. The summed E-state index contributed by atoms with van der Waals surface area (Å²) in [5, 5.41) is 0.813. The van der Waals surface area contributed by atoms with Crippen LogP contribution in [0.4, 0.5) is 11.4 Å². The van der Waals surface area contributed by atoms with Crippen molar-refractivity contribution in [1.82, 2.24) is 4.57 Å². The number of rotatable bonds is 7. The van der Waals surface area contributed by atoms with Crippen LogP contribution in [0.15, 0.2) is 57.9 Å². The Morgan fingerprint density at radius 2 is 1.69 bits per heavy atom. The number of hydrogen-bond acceptors (Lipinski definition) is 4. The molecular weight excluding hydrogens is 362 g/mol. The number of nitrogens with zero attached hydrogens (tertiary/aromatic N) is 3. The van der Waals surface area contributed by atoms with E-state index in [4.69, 9.17) is 9.15 Å². The Balaban J connectivity index is 2.00. The van der Waals surface area contributed by atoms with Crippen LogP contribution in [0.3, 0.4) is 0 Å². The van der Waals surface area contributed by atoms with Gasteiger partial charge in [0.2, 0.25) is 0 Å². The predicted octanol–water partition coefficient (Wildman–Crippen LogP) is 3.43. The van der Waals surface area contributed by atoms with Gasteiger partial charge in [-0.3, -0.25) is 4.57 Å². The van der Waals surface area contributed by atoms with Crippen LogP contribution in [-0.4, -0.2) is 24.8 Å². The van der Waals surface area contributed by atoms with E-state index < -0.39 is 0 Å². The molecule has 0 aliphatic rings. The van der Waals surface area contributed by atoms with Crippen LogP contribution in [0, 0.1) is 0 Å². The zero-order valence-electron chi connectivity index (χ0n) is 17.7. The summed E-state index contributed by atoms with van der Waals surface area (Å²) in [7, 11) is 1.65. The lowest BCUT2D eigenvalue weighted by Gasteiger charge is -2.20. The van der Waals surface area contributed by atoms with Gasteiger partial charge in [-0.25, -0.2) is 0 Å².